The van der Waals surface area contributed by atoms with E-state index in [0.717, 1.165) is 11.1 Å². The number of rotatable bonds is 4. The molecule has 2 aromatic rings. The topological polar surface area (TPSA) is 75.4 Å². The van der Waals surface area contributed by atoms with E-state index in [2.05, 4.69) is 5.32 Å². The van der Waals surface area contributed by atoms with Crippen molar-refractivity contribution in [3.05, 3.63) is 65.7 Å². The van der Waals surface area contributed by atoms with Crippen LogP contribution in [0.5, 0.6) is 0 Å². The van der Waals surface area contributed by atoms with Gasteiger partial charge < -0.3 is 16.2 Å². The number of hydrogen-bond donors (Lipinski definition) is 3. The number of nitrogens with two attached hydrogens (primary N) is 1. The molecule has 0 fully saturated rings. The lowest BCUT2D eigenvalue weighted by Crippen LogP contribution is -2.07. The Bertz CT molecular complexity index is 601. The number of nitrogens with one attached hydrogen (secondary N) is 1. The van der Waals surface area contributed by atoms with Gasteiger partial charge in [0.1, 0.15) is 0 Å². The monoisotopic (exact) mass is 268 g/mol. The molecule has 0 atom stereocenters. The van der Waals surface area contributed by atoms with Gasteiger partial charge in [0, 0.05) is 17.5 Å². The second kappa shape index (κ2) is 6.54. The van der Waals surface area contributed by atoms with Gasteiger partial charge in [-0.15, -0.1) is 0 Å². The van der Waals surface area contributed by atoms with Crippen LogP contribution in [0.2, 0.25) is 0 Å². The van der Waals surface area contributed by atoms with Crippen LogP contribution in [0.3, 0.4) is 0 Å². The number of nitrogen functional groups attached to an aromatic ring is 1. The van der Waals surface area contributed by atoms with Gasteiger partial charge in [-0.25, -0.2) is 0 Å². The van der Waals surface area contributed by atoms with Gasteiger partial charge in [-0.2, -0.15) is 0 Å². The van der Waals surface area contributed by atoms with Crippen molar-refractivity contribution >= 4 is 23.4 Å². The van der Waals surface area contributed by atoms with Crippen molar-refractivity contribution in [3.8, 4) is 0 Å². The zero-order valence-corrected chi connectivity index (χ0v) is 10.9. The van der Waals surface area contributed by atoms with Crippen LogP contribution in [0.25, 0.3) is 6.08 Å². The van der Waals surface area contributed by atoms with E-state index < -0.39 is 0 Å². The molecular weight excluding hydrogens is 252 g/mol. The van der Waals surface area contributed by atoms with Gasteiger partial charge in [-0.1, -0.05) is 24.3 Å². The van der Waals surface area contributed by atoms with Crippen LogP contribution in [0.1, 0.15) is 11.1 Å². The van der Waals surface area contributed by atoms with E-state index >= 15 is 0 Å². The summed E-state index contributed by atoms with van der Waals surface area (Å²) in [6.45, 7) is -0.00866. The van der Waals surface area contributed by atoms with E-state index in [4.69, 9.17) is 10.8 Å². The van der Waals surface area contributed by atoms with Crippen LogP contribution in [0.4, 0.5) is 11.4 Å². The Hall–Kier alpha value is -2.59. The molecule has 0 aromatic heterocycles. The molecule has 0 unspecified atom stereocenters. The highest BCUT2D eigenvalue weighted by atomic mass is 16.3. The summed E-state index contributed by atoms with van der Waals surface area (Å²) in [7, 11) is 0. The first kappa shape index (κ1) is 13.8. The van der Waals surface area contributed by atoms with E-state index in [-0.39, 0.29) is 12.5 Å². The summed E-state index contributed by atoms with van der Waals surface area (Å²) < 4.78 is 0. The summed E-state index contributed by atoms with van der Waals surface area (Å²) in [5.74, 6) is -0.210. The standard InChI is InChI=1S/C16H16N2O2/c17-14-6-1-12(2-7-14)5-10-16(20)18-15-8-3-13(11-19)4-9-15/h1-10,19H,11,17H2,(H,18,20)/b10-5+. The molecule has 20 heavy (non-hydrogen) atoms. The number of aliphatic hydroxyl groups is 1. The molecule has 2 aromatic carbocycles. The Morgan fingerprint density at radius 1 is 1.10 bits per heavy atom. The predicted molar refractivity (Wildman–Crippen MR) is 80.9 cm³/mol. The highest BCUT2D eigenvalue weighted by molar-refractivity contribution is 6.01. The van der Waals surface area contributed by atoms with Crippen LogP contribution in [0, 0.1) is 0 Å². The van der Waals surface area contributed by atoms with Crippen molar-refractivity contribution < 1.29 is 9.90 Å². The fraction of sp³-hybridized carbons (Fsp3) is 0.0625. The molecule has 1 amide bonds. The normalized spacial score (nSPS) is 10.7. The third kappa shape index (κ3) is 3.96. The van der Waals surface area contributed by atoms with Gasteiger partial charge in [0.15, 0.2) is 0 Å². The lowest BCUT2D eigenvalue weighted by atomic mass is 10.2. The fourth-order valence-corrected chi connectivity index (χ4v) is 1.66. The molecule has 0 saturated heterocycles. The first-order chi connectivity index (χ1) is 9.67. The van der Waals surface area contributed by atoms with Crippen molar-refractivity contribution in [2.45, 2.75) is 6.61 Å². The van der Waals surface area contributed by atoms with Crippen molar-refractivity contribution in [2.75, 3.05) is 11.1 Å². The maximum Gasteiger partial charge on any atom is 0.248 e. The predicted octanol–water partition coefficient (Wildman–Crippen LogP) is 2.41. The summed E-state index contributed by atoms with van der Waals surface area (Å²) in [5, 5.41) is 11.7. The zero-order valence-electron chi connectivity index (χ0n) is 10.9. The van der Waals surface area contributed by atoms with Crippen LogP contribution < -0.4 is 11.1 Å². The highest BCUT2D eigenvalue weighted by Gasteiger charge is 1.98. The van der Waals surface area contributed by atoms with Crippen LogP contribution in [-0.2, 0) is 11.4 Å². The molecule has 0 bridgehead atoms. The van der Waals surface area contributed by atoms with Crippen molar-refractivity contribution in [3.63, 3.8) is 0 Å². The minimum absolute atomic E-state index is 0.00866. The molecule has 0 radical (unpaired) electrons. The lowest BCUT2D eigenvalue weighted by Gasteiger charge is -2.03. The molecule has 0 aliphatic carbocycles. The third-order valence-corrected chi connectivity index (χ3v) is 2.77. The first-order valence-corrected chi connectivity index (χ1v) is 6.22. The smallest absolute Gasteiger partial charge is 0.248 e. The van der Waals surface area contributed by atoms with Gasteiger partial charge in [0.2, 0.25) is 5.91 Å². The summed E-state index contributed by atoms with van der Waals surface area (Å²) in [5.41, 5.74) is 8.68. The summed E-state index contributed by atoms with van der Waals surface area (Å²) in [6.07, 6.45) is 3.18. The number of carbonyl (C=O) groups excluding carboxylic acids is 1. The second-order valence-electron chi connectivity index (χ2n) is 4.34. The van der Waals surface area contributed by atoms with Crippen molar-refractivity contribution in [2.24, 2.45) is 0 Å². The average Bonchev–Trinajstić information content (AvgIpc) is 2.47. The molecule has 4 nitrogen and oxygen atoms in total. The van der Waals surface area contributed by atoms with E-state index in [0.29, 0.717) is 11.4 Å². The maximum absolute atomic E-state index is 11.7. The number of anilines is 2. The van der Waals surface area contributed by atoms with E-state index in [1.165, 1.54) is 6.08 Å². The van der Waals surface area contributed by atoms with Crippen LogP contribution >= 0.6 is 0 Å². The minimum atomic E-state index is -0.210. The molecule has 0 aliphatic heterocycles. The van der Waals surface area contributed by atoms with Crippen molar-refractivity contribution in [1.82, 2.24) is 0 Å². The van der Waals surface area contributed by atoms with E-state index in [1.807, 2.05) is 12.1 Å². The van der Waals surface area contributed by atoms with E-state index in [9.17, 15) is 4.79 Å². The molecule has 0 spiro atoms. The maximum atomic E-state index is 11.7. The third-order valence-electron chi connectivity index (χ3n) is 2.77. The van der Waals surface area contributed by atoms with Gasteiger partial charge in [-0.05, 0) is 41.5 Å². The zero-order chi connectivity index (χ0) is 14.4. The number of aliphatic hydroxyl groups excluding tert-OH is 1. The molecule has 4 N–H and O–H groups in total. The number of hydrogen-bond acceptors (Lipinski definition) is 3. The van der Waals surface area contributed by atoms with Crippen LogP contribution in [0.15, 0.2) is 54.6 Å². The minimum Gasteiger partial charge on any atom is -0.399 e. The summed E-state index contributed by atoms with van der Waals surface area (Å²) in [4.78, 5) is 11.7. The Balaban J connectivity index is 1.96. The van der Waals surface area contributed by atoms with Gasteiger partial charge in [0.25, 0.3) is 0 Å². The summed E-state index contributed by atoms with van der Waals surface area (Å²) >= 11 is 0. The Morgan fingerprint density at radius 3 is 2.35 bits per heavy atom. The van der Waals surface area contributed by atoms with E-state index in [1.54, 1.807) is 42.5 Å². The van der Waals surface area contributed by atoms with Gasteiger partial charge >= 0.3 is 0 Å². The molecule has 0 heterocycles. The molecular formula is C16H16N2O2. The Labute approximate surface area is 117 Å². The van der Waals surface area contributed by atoms with Gasteiger partial charge in [0.05, 0.1) is 6.61 Å². The van der Waals surface area contributed by atoms with Crippen molar-refractivity contribution in [1.29, 1.82) is 0 Å². The number of carbonyl (C=O) groups is 1. The van der Waals surface area contributed by atoms with Crippen LogP contribution in [-0.4, -0.2) is 11.0 Å². The van der Waals surface area contributed by atoms with Gasteiger partial charge in [-0.3, -0.25) is 4.79 Å². The molecule has 102 valence electrons. The molecule has 0 saturated carbocycles. The molecule has 0 aliphatic rings. The highest BCUT2D eigenvalue weighted by Crippen LogP contribution is 2.10. The number of amides is 1. The summed E-state index contributed by atoms with van der Waals surface area (Å²) in [6, 6.07) is 14.3. The fourth-order valence-electron chi connectivity index (χ4n) is 1.66. The Kier molecular flexibility index (Phi) is 4.52. The molecule has 4 heteroatoms. The first-order valence-electron chi connectivity index (χ1n) is 6.22. The molecule has 2 rings (SSSR count). The quantitative estimate of drug-likeness (QED) is 0.589. The largest absolute Gasteiger partial charge is 0.399 e. The Morgan fingerprint density at radius 2 is 1.75 bits per heavy atom. The number of benzene rings is 2. The second-order valence-corrected chi connectivity index (χ2v) is 4.34. The SMILES string of the molecule is Nc1ccc(/C=C/C(=O)Nc2ccc(CO)cc2)cc1. The average molecular weight is 268 g/mol. The lowest BCUT2D eigenvalue weighted by molar-refractivity contribution is -0.111.